The summed E-state index contributed by atoms with van der Waals surface area (Å²) in [4.78, 5) is 25.8. The first-order chi connectivity index (χ1) is 25.8. The van der Waals surface area contributed by atoms with Gasteiger partial charge in [-0.05, 0) is 83.0 Å². The first kappa shape index (κ1) is 50.6. The Hall–Kier alpha value is -4.36. The average Bonchev–Trinajstić information content (AvgIpc) is 3.16. The molecule has 0 saturated carbocycles. The Morgan fingerprint density at radius 1 is 0.709 bits per heavy atom. The van der Waals surface area contributed by atoms with Gasteiger partial charge in [-0.1, -0.05) is 94.8 Å². The molecule has 0 aliphatic heterocycles. The number of carboxylic acid groups (broad SMARTS) is 2. The van der Waals surface area contributed by atoms with Gasteiger partial charge >= 0.3 is 22.3 Å². The summed E-state index contributed by atoms with van der Waals surface area (Å²) in [6.45, 7) is 4.87. The van der Waals surface area contributed by atoms with Crippen LogP contribution in [0, 0.1) is 0 Å². The molecular weight excluding hydrogens is 796 g/mol. The molecule has 0 bridgehead atoms. The number of nitrogens with one attached hydrogen (secondary N) is 2. The summed E-state index contributed by atoms with van der Waals surface area (Å²) in [5.41, 5.74) is 4.33. The van der Waals surface area contributed by atoms with Crippen LogP contribution in [0.5, 0.6) is 0 Å². The Morgan fingerprint density at radius 3 is 1.40 bits per heavy atom. The zero-order chi connectivity index (χ0) is 42.0. The molecule has 0 aliphatic carbocycles. The minimum absolute atomic E-state index is 0.0902. The fraction of sp³-hybridized carbons (Fsp3) is 0.308. The third kappa shape index (κ3) is 25.4. The van der Waals surface area contributed by atoms with Crippen LogP contribution in [-0.2, 0) is 20.0 Å². The molecule has 55 heavy (non-hydrogen) atoms. The molecule has 0 saturated heterocycles. The molecule has 16 heteroatoms. The van der Waals surface area contributed by atoms with E-state index in [9.17, 15) is 19.8 Å². The van der Waals surface area contributed by atoms with Gasteiger partial charge in [0.05, 0.1) is 12.2 Å². The molecule has 1 aromatic heterocycles. The predicted molar refractivity (Wildman–Crippen MR) is 217 cm³/mol. The van der Waals surface area contributed by atoms with E-state index in [4.69, 9.17) is 27.7 Å². The molecule has 302 valence electrons. The first-order valence-corrected chi connectivity index (χ1v) is 18.9. The SMILES string of the molecule is CN(C)C[C@@H](c1ccc(Br)cc1)c1ccccn1.CN[C@@H](C)[C@@H](O)c1ccccc1.CN[C@@H](C)[C@@H](O)c1ccccc1.O=C(O)/C=C/C(=O)O.O=S(=O)(O)O. The maximum atomic E-state index is 9.73. The summed E-state index contributed by atoms with van der Waals surface area (Å²) < 4.78 is 32.7. The van der Waals surface area contributed by atoms with E-state index in [0.717, 1.165) is 27.8 Å². The number of carboxylic acids is 2. The third-order valence-corrected chi connectivity index (χ3v) is 7.90. The zero-order valence-corrected chi connectivity index (χ0v) is 34.0. The Balaban J connectivity index is 0.000000702. The van der Waals surface area contributed by atoms with Crippen LogP contribution in [0.2, 0.25) is 0 Å². The number of aromatic nitrogens is 1. The van der Waals surface area contributed by atoms with Gasteiger partial charge < -0.3 is 36.0 Å². The van der Waals surface area contributed by atoms with Gasteiger partial charge in [-0.3, -0.25) is 14.1 Å². The number of pyridine rings is 1. The number of aliphatic carboxylic acids is 2. The van der Waals surface area contributed by atoms with Crippen molar-refractivity contribution < 1.29 is 47.5 Å². The maximum Gasteiger partial charge on any atom is 0.394 e. The average molecular weight is 850 g/mol. The number of likely N-dealkylation sites (N-methyl/N-ethyl adjacent to an activating group) is 3. The van der Waals surface area contributed by atoms with Crippen LogP contribution in [0.4, 0.5) is 0 Å². The number of hydrogen-bond donors (Lipinski definition) is 8. The standard InChI is InChI=1S/C15H17BrN2.2C10H15NO.C4H4O4.H2O4S/c1-18(2)11-14(15-5-3-4-10-17-15)12-6-8-13(16)9-7-12;2*1-8(11-2)10(12)9-6-4-3-5-7-9;5-3(6)1-2-4(7)8;1-5(2,3)4/h3-10,14H,11H2,1-2H3;2*3-8,10-12H,1-2H3;1-2H,(H,5,6)(H,7,8);(H2,1,2,3,4)/b;;;2-1+;/t14-;2*8-,10+;;/m000../s1. The second-order valence-corrected chi connectivity index (χ2v) is 13.8. The highest BCUT2D eigenvalue weighted by Crippen LogP contribution is 2.25. The van der Waals surface area contributed by atoms with Gasteiger partial charge in [0.15, 0.2) is 0 Å². The lowest BCUT2D eigenvalue weighted by Gasteiger charge is -2.21. The van der Waals surface area contributed by atoms with Crippen LogP contribution in [0.15, 0.2) is 126 Å². The van der Waals surface area contributed by atoms with E-state index < -0.39 is 34.5 Å². The molecular formula is C39H53BrN4O10S. The van der Waals surface area contributed by atoms with E-state index in [1.165, 1.54) is 5.56 Å². The van der Waals surface area contributed by atoms with Gasteiger partial charge in [-0.2, -0.15) is 8.42 Å². The van der Waals surface area contributed by atoms with Crippen LogP contribution in [0.1, 0.15) is 54.4 Å². The summed E-state index contributed by atoms with van der Waals surface area (Å²) in [5, 5.41) is 41.1. The van der Waals surface area contributed by atoms with Crippen molar-refractivity contribution in [1.29, 1.82) is 0 Å². The minimum atomic E-state index is -4.67. The number of nitrogens with zero attached hydrogens (tertiary/aromatic N) is 2. The van der Waals surface area contributed by atoms with E-state index in [2.05, 4.69) is 80.9 Å². The van der Waals surface area contributed by atoms with Gasteiger partial charge in [-0.25, -0.2) is 9.59 Å². The van der Waals surface area contributed by atoms with Gasteiger partial charge in [-0.15, -0.1) is 0 Å². The second kappa shape index (κ2) is 28.1. The largest absolute Gasteiger partial charge is 0.478 e. The van der Waals surface area contributed by atoms with E-state index in [1.54, 1.807) is 0 Å². The molecule has 0 amide bonds. The summed E-state index contributed by atoms with van der Waals surface area (Å²) in [5.74, 6) is -2.20. The number of halogens is 1. The number of aliphatic hydroxyl groups is 2. The Labute approximate surface area is 332 Å². The summed E-state index contributed by atoms with van der Waals surface area (Å²) >= 11 is 3.48. The third-order valence-electron chi connectivity index (χ3n) is 7.37. The fourth-order valence-electron chi connectivity index (χ4n) is 4.35. The summed E-state index contributed by atoms with van der Waals surface area (Å²) in [7, 11) is 3.21. The van der Waals surface area contributed by atoms with E-state index in [0.29, 0.717) is 18.1 Å². The summed E-state index contributed by atoms with van der Waals surface area (Å²) in [6, 6.07) is 34.1. The Bertz CT molecular complexity index is 1680. The quantitative estimate of drug-likeness (QED) is 0.0673. The number of hydrogen-bond acceptors (Lipinski definition) is 10. The minimum Gasteiger partial charge on any atom is -0.478 e. The van der Waals surface area contributed by atoms with Crippen molar-refractivity contribution in [2.24, 2.45) is 0 Å². The number of carbonyl (C=O) groups is 2. The molecule has 0 aliphatic rings. The van der Waals surface area contributed by atoms with Crippen LogP contribution in [0.3, 0.4) is 0 Å². The smallest absolute Gasteiger partial charge is 0.394 e. The van der Waals surface area contributed by atoms with Crippen molar-refractivity contribution in [3.63, 3.8) is 0 Å². The highest BCUT2D eigenvalue weighted by atomic mass is 79.9. The maximum absolute atomic E-state index is 9.73. The molecule has 5 atom stereocenters. The first-order valence-electron chi connectivity index (χ1n) is 16.8. The summed E-state index contributed by atoms with van der Waals surface area (Å²) in [6.07, 6.45) is 2.13. The van der Waals surface area contributed by atoms with Gasteiger partial charge in [0, 0.05) is 53.1 Å². The molecule has 4 rings (SSSR count). The topological polar surface area (TPSA) is 230 Å². The molecule has 0 unspecified atom stereocenters. The molecule has 0 spiro atoms. The Kier molecular flexibility index (Phi) is 25.9. The van der Waals surface area contributed by atoms with E-state index >= 15 is 0 Å². The van der Waals surface area contributed by atoms with Crippen molar-refractivity contribution in [3.8, 4) is 0 Å². The normalized spacial score (nSPS) is 13.4. The fourth-order valence-corrected chi connectivity index (χ4v) is 4.61. The Morgan fingerprint density at radius 2 is 1.09 bits per heavy atom. The van der Waals surface area contributed by atoms with Crippen LogP contribution < -0.4 is 10.6 Å². The van der Waals surface area contributed by atoms with Crippen molar-refractivity contribution >= 4 is 38.3 Å². The molecule has 14 nitrogen and oxygen atoms in total. The molecule has 4 aromatic rings. The second-order valence-electron chi connectivity index (χ2n) is 11.9. The number of aliphatic hydroxyl groups excluding tert-OH is 2. The lowest BCUT2D eigenvalue weighted by Crippen LogP contribution is -2.28. The molecule has 1 heterocycles. The molecule has 8 N–H and O–H groups in total. The lowest BCUT2D eigenvalue weighted by atomic mass is 9.95. The van der Waals surface area contributed by atoms with E-state index in [-0.39, 0.29) is 12.1 Å². The number of rotatable bonds is 12. The van der Waals surface area contributed by atoms with Gasteiger partial charge in [0.1, 0.15) is 0 Å². The molecule has 3 aromatic carbocycles. The monoisotopic (exact) mass is 848 g/mol. The van der Waals surface area contributed by atoms with Crippen LogP contribution in [0.25, 0.3) is 0 Å². The molecule has 0 radical (unpaired) electrons. The predicted octanol–water partition coefficient (Wildman–Crippen LogP) is 5.25. The van der Waals surface area contributed by atoms with Gasteiger partial charge in [0.25, 0.3) is 0 Å². The lowest BCUT2D eigenvalue weighted by molar-refractivity contribution is -0.134. The van der Waals surface area contributed by atoms with Crippen molar-refractivity contribution in [2.45, 2.75) is 44.1 Å². The highest BCUT2D eigenvalue weighted by molar-refractivity contribution is 9.10. The zero-order valence-electron chi connectivity index (χ0n) is 31.6. The van der Waals surface area contributed by atoms with Crippen molar-refractivity contribution in [1.82, 2.24) is 20.5 Å². The number of benzene rings is 3. The van der Waals surface area contributed by atoms with Crippen molar-refractivity contribution in [3.05, 3.63) is 148 Å². The highest BCUT2D eigenvalue weighted by Gasteiger charge is 2.16. The van der Waals surface area contributed by atoms with Crippen LogP contribution in [-0.4, -0.2) is 107 Å². The van der Waals surface area contributed by atoms with E-state index in [1.807, 2.05) is 107 Å². The van der Waals surface area contributed by atoms with Crippen LogP contribution >= 0.6 is 15.9 Å². The molecule has 0 fully saturated rings. The van der Waals surface area contributed by atoms with Gasteiger partial charge in [0.2, 0.25) is 0 Å². The van der Waals surface area contributed by atoms with Crippen molar-refractivity contribution in [2.75, 3.05) is 34.7 Å².